The number of halogens is 2. The molecule has 3 amide bonds. The topological polar surface area (TPSA) is 88.5 Å². The van der Waals surface area contributed by atoms with Crippen molar-refractivity contribution in [2.24, 2.45) is 5.92 Å². The van der Waals surface area contributed by atoms with Crippen molar-refractivity contribution in [1.82, 2.24) is 4.57 Å². The monoisotopic (exact) mass is 593 g/mol. The number of imide groups is 1. The third kappa shape index (κ3) is 4.66. The van der Waals surface area contributed by atoms with Gasteiger partial charge in [0.2, 0.25) is 17.7 Å². The molecule has 3 heterocycles. The fraction of sp³-hybridized carbons (Fsp3) is 0.172. The first-order chi connectivity index (χ1) is 19.2. The minimum absolute atomic E-state index is 0.302. The van der Waals surface area contributed by atoms with E-state index in [1.54, 1.807) is 36.4 Å². The summed E-state index contributed by atoms with van der Waals surface area (Å²) >= 11 is 8.25. The van der Waals surface area contributed by atoms with Crippen molar-refractivity contribution in [3.05, 3.63) is 109 Å². The van der Waals surface area contributed by atoms with Crippen molar-refractivity contribution in [2.45, 2.75) is 29.7 Å². The maximum absolute atomic E-state index is 13.9. The SMILES string of the molecule is Cc1ccc(N2C(=O)C3Sc4c(sc(=O)n4CC(=O)Nc4ccc(F)cc4)[C@@H](c4ccc(Cl)cc4)C3C2=O)cc1. The third-order valence-corrected chi connectivity index (χ3v) is 9.86. The molecule has 40 heavy (non-hydrogen) atoms. The van der Waals surface area contributed by atoms with Crippen LogP contribution in [-0.2, 0) is 20.9 Å². The van der Waals surface area contributed by atoms with Crippen LogP contribution in [0.1, 0.15) is 21.9 Å². The van der Waals surface area contributed by atoms with Gasteiger partial charge in [-0.25, -0.2) is 9.29 Å². The zero-order valence-corrected chi connectivity index (χ0v) is 23.4. The van der Waals surface area contributed by atoms with Gasteiger partial charge in [-0.2, -0.15) is 0 Å². The van der Waals surface area contributed by atoms with E-state index in [2.05, 4.69) is 5.32 Å². The van der Waals surface area contributed by atoms with Crippen LogP contribution in [0.5, 0.6) is 0 Å². The maximum Gasteiger partial charge on any atom is 0.308 e. The van der Waals surface area contributed by atoms with Gasteiger partial charge in [-0.15, -0.1) is 0 Å². The van der Waals surface area contributed by atoms with Crippen molar-refractivity contribution in [3.8, 4) is 0 Å². The van der Waals surface area contributed by atoms with Crippen LogP contribution < -0.4 is 15.1 Å². The van der Waals surface area contributed by atoms with Gasteiger partial charge in [0, 0.05) is 21.5 Å². The van der Waals surface area contributed by atoms with Crippen LogP contribution in [0.25, 0.3) is 0 Å². The summed E-state index contributed by atoms with van der Waals surface area (Å²) in [7, 11) is 0. The van der Waals surface area contributed by atoms with Gasteiger partial charge in [-0.05, 0) is 61.0 Å². The highest BCUT2D eigenvalue weighted by Gasteiger charge is 2.56. The number of carbonyl (C=O) groups is 3. The van der Waals surface area contributed by atoms with E-state index in [1.165, 1.54) is 33.7 Å². The minimum Gasteiger partial charge on any atom is -0.325 e. The Morgan fingerprint density at radius 1 is 0.950 bits per heavy atom. The molecule has 0 aliphatic carbocycles. The number of carbonyl (C=O) groups excluding carboxylic acids is 3. The molecule has 1 N–H and O–H groups in total. The number of hydrogen-bond acceptors (Lipinski definition) is 6. The molecule has 202 valence electrons. The molecule has 3 atom stereocenters. The van der Waals surface area contributed by atoms with E-state index in [0.717, 1.165) is 34.2 Å². The summed E-state index contributed by atoms with van der Waals surface area (Å²) in [5, 5.41) is 2.88. The molecule has 2 aliphatic heterocycles. The van der Waals surface area contributed by atoms with Crippen LogP contribution in [-0.4, -0.2) is 27.5 Å². The van der Waals surface area contributed by atoms with Gasteiger partial charge < -0.3 is 5.32 Å². The van der Waals surface area contributed by atoms with Crippen LogP contribution in [0.4, 0.5) is 15.8 Å². The van der Waals surface area contributed by atoms with Gasteiger partial charge in [-0.1, -0.05) is 64.5 Å². The van der Waals surface area contributed by atoms with Gasteiger partial charge in [0.15, 0.2) is 0 Å². The number of rotatable bonds is 5. The van der Waals surface area contributed by atoms with E-state index in [9.17, 15) is 23.6 Å². The lowest BCUT2D eigenvalue weighted by Gasteiger charge is -2.30. The fourth-order valence-electron chi connectivity index (χ4n) is 5.11. The molecule has 2 aliphatic rings. The molecule has 1 aromatic heterocycles. The Morgan fingerprint density at radius 2 is 1.62 bits per heavy atom. The number of hydrogen-bond donors (Lipinski definition) is 1. The molecular weight excluding hydrogens is 573 g/mol. The van der Waals surface area contributed by atoms with E-state index >= 15 is 0 Å². The highest BCUT2D eigenvalue weighted by molar-refractivity contribution is 8.00. The average Bonchev–Trinajstić information content (AvgIpc) is 3.37. The number of anilines is 2. The van der Waals surface area contributed by atoms with Gasteiger partial charge >= 0.3 is 4.87 Å². The normalized spacial score (nSPS) is 19.9. The summed E-state index contributed by atoms with van der Waals surface area (Å²) < 4.78 is 14.6. The second-order valence-corrected chi connectivity index (χ2v) is 12.2. The van der Waals surface area contributed by atoms with Gasteiger partial charge in [0.05, 0.1) is 16.6 Å². The number of fused-ring (bicyclic) bond motifs is 2. The minimum atomic E-state index is -0.789. The van der Waals surface area contributed by atoms with E-state index in [4.69, 9.17) is 11.6 Å². The molecule has 0 spiro atoms. The quantitative estimate of drug-likeness (QED) is 0.311. The predicted molar refractivity (Wildman–Crippen MR) is 154 cm³/mol. The van der Waals surface area contributed by atoms with Crippen LogP contribution in [0, 0.1) is 18.7 Å². The molecule has 4 aromatic rings. The first kappa shape index (κ1) is 26.5. The third-order valence-electron chi connectivity index (χ3n) is 7.00. The standard InChI is InChI=1S/C29H21ClFN3O4S2/c1-15-2-12-20(13-3-15)34-26(36)23-22(16-4-6-17(30)7-5-16)25-28(39-24(23)27(34)37)33(29(38)40-25)14-21(35)32-19-10-8-18(31)9-11-19/h2-13,22-24H,14H2,1H3,(H,32,35)/t22-,23?,24?/m0/s1. The fourth-order valence-corrected chi connectivity index (χ4v) is 8.01. The van der Waals surface area contributed by atoms with E-state index < -0.39 is 28.8 Å². The Hall–Kier alpha value is -3.73. The molecule has 3 aromatic carbocycles. The van der Waals surface area contributed by atoms with Crippen LogP contribution in [0.15, 0.2) is 82.6 Å². The Labute approximate surface area is 241 Å². The molecule has 0 bridgehead atoms. The summed E-state index contributed by atoms with van der Waals surface area (Å²) in [5.41, 5.74) is 2.63. The lowest BCUT2D eigenvalue weighted by Crippen LogP contribution is -2.33. The summed E-state index contributed by atoms with van der Waals surface area (Å²) in [4.78, 5) is 55.2. The van der Waals surface area contributed by atoms with Crippen molar-refractivity contribution >= 4 is 63.8 Å². The number of aromatic nitrogens is 1. The van der Waals surface area contributed by atoms with Gasteiger partial charge in [0.25, 0.3) is 0 Å². The molecule has 1 fully saturated rings. The predicted octanol–water partition coefficient (Wildman–Crippen LogP) is 5.45. The van der Waals surface area contributed by atoms with Crippen LogP contribution >= 0.6 is 34.7 Å². The molecule has 11 heteroatoms. The van der Waals surface area contributed by atoms with Crippen LogP contribution in [0.2, 0.25) is 5.02 Å². The molecule has 2 unspecified atom stereocenters. The molecule has 6 rings (SSSR count). The lowest BCUT2D eigenvalue weighted by atomic mass is 9.83. The Bertz CT molecular complexity index is 1700. The Kier molecular flexibility index (Phi) is 6.85. The van der Waals surface area contributed by atoms with Crippen molar-refractivity contribution < 1.29 is 18.8 Å². The highest BCUT2D eigenvalue weighted by atomic mass is 35.5. The van der Waals surface area contributed by atoms with E-state index in [0.29, 0.717) is 26.3 Å². The smallest absolute Gasteiger partial charge is 0.308 e. The van der Waals surface area contributed by atoms with E-state index in [1.807, 2.05) is 19.1 Å². The first-order valence-corrected chi connectivity index (χ1v) is 14.4. The maximum atomic E-state index is 13.9. The number of nitrogens with zero attached hydrogens (tertiary/aromatic N) is 2. The van der Waals surface area contributed by atoms with Crippen molar-refractivity contribution in [1.29, 1.82) is 0 Å². The van der Waals surface area contributed by atoms with E-state index in [-0.39, 0.29) is 23.2 Å². The second-order valence-electron chi connectivity index (χ2n) is 9.62. The second kappa shape index (κ2) is 10.3. The highest BCUT2D eigenvalue weighted by Crippen LogP contribution is 2.53. The van der Waals surface area contributed by atoms with Crippen LogP contribution in [0.3, 0.4) is 0 Å². The molecule has 1 saturated heterocycles. The number of thiazole rings is 1. The van der Waals surface area contributed by atoms with Gasteiger partial charge in [0.1, 0.15) is 17.6 Å². The van der Waals surface area contributed by atoms with Crippen molar-refractivity contribution in [2.75, 3.05) is 10.2 Å². The summed E-state index contributed by atoms with van der Waals surface area (Å²) in [6.07, 6.45) is 0. The molecule has 0 radical (unpaired) electrons. The largest absolute Gasteiger partial charge is 0.325 e. The average molecular weight is 594 g/mol. The zero-order valence-electron chi connectivity index (χ0n) is 21.0. The number of thioether (sulfide) groups is 1. The number of aryl methyl sites for hydroxylation is 1. The number of nitrogens with one attached hydrogen (secondary N) is 1. The Morgan fingerprint density at radius 3 is 2.30 bits per heavy atom. The number of benzene rings is 3. The van der Waals surface area contributed by atoms with Crippen molar-refractivity contribution in [3.63, 3.8) is 0 Å². The summed E-state index contributed by atoms with van der Waals surface area (Å²) in [5.74, 6) is -2.93. The summed E-state index contributed by atoms with van der Waals surface area (Å²) in [6, 6.07) is 19.5. The summed E-state index contributed by atoms with van der Waals surface area (Å²) in [6.45, 7) is 1.62. The molecule has 7 nitrogen and oxygen atoms in total. The zero-order chi connectivity index (χ0) is 28.1. The van der Waals surface area contributed by atoms with Gasteiger partial charge in [-0.3, -0.25) is 23.7 Å². The Balaban J connectivity index is 1.40. The lowest BCUT2D eigenvalue weighted by molar-refractivity contribution is -0.122. The molecule has 0 saturated carbocycles. The number of amides is 3. The first-order valence-electron chi connectivity index (χ1n) is 12.4. The molecular formula is C29H21ClFN3O4S2.